The zero-order chi connectivity index (χ0) is 21.9. The minimum absolute atomic E-state index is 0.00467. The smallest absolute Gasteiger partial charge is 0.164 e. The fraction of sp³-hybridized carbons (Fsp3) is 0.640. The fourth-order valence-corrected chi connectivity index (χ4v) is 6.84. The van der Waals surface area contributed by atoms with E-state index in [1.54, 1.807) is 0 Å². The van der Waals surface area contributed by atoms with Crippen LogP contribution in [0.5, 0.6) is 0 Å². The summed E-state index contributed by atoms with van der Waals surface area (Å²) in [5.74, 6) is 0.298. The average molecular weight is 433 g/mol. The molecule has 3 rings (SSSR count). The summed E-state index contributed by atoms with van der Waals surface area (Å²) in [4.78, 5) is 13.7. The van der Waals surface area contributed by atoms with E-state index in [9.17, 15) is 13.2 Å². The first-order valence-electron chi connectivity index (χ1n) is 11.4. The molecule has 0 aromatic heterocycles. The molecule has 0 bridgehead atoms. The molecule has 0 atom stereocenters. The van der Waals surface area contributed by atoms with Crippen LogP contribution in [0.2, 0.25) is 0 Å². The van der Waals surface area contributed by atoms with Crippen molar-refractivity contribution >= 4 is 21.2 Å². The zero-order valence-electron chi connectivity index (χ0n) is 19.0. The molecule has 1 aliphatic carbocycles. The number of aryl methyl sites for hydroxylation is 3. The molecule has 30 heavy (non-hydrogen) atoms. The summed E-state index contributed by atoms with van der Waals surface area (Å²) in [5.41, 5.74) is 5.93. The number of ketones is 1. The number of benzene rings is 1. The van der Waals surface area contributed by atoms with Gasteiger partial charge in [0, 0.05) is 25.2 Å². The molecular formula is C25H36O4S. The van der Waals surface area contributed by atoms with Gasteiger partial charge in [0.15, 0.2) is 15.6 Å². The maximum Gasteiger partial charge on any atom is 0.164 e. The number of hydrogen-bond acceptors (Lipinski definition) is 4. The van der Waals surface area contributed by atoms with Gasteiger partial charge < -0.3 is 4.74 Å². The SMILES string of the molecule is CCCS(=O)(=O)CC1=C(c2c(CC)cc(C)cc2CC)C(=O)CC2(CCOCC2)C1. The molecule has 1 aromatic carbocycles. The molecule has 2 aliphatic rings. The van der Waals surface area contributed by atoms with Crippen molar-refractivity contribution in [3.8, 4) is 0 Å². The highest BCUT2D eigenvalue weighted by molar-refractivity contribution is 7.91. The maximum absolute atomic E-state index is 13.7. The van der Waals surface area contributed by atoms with Crippen molar-refractivity contribution in [2.45, 2.75) is 72.6 Å². The first-order chi connectivity index (χ1) is 14.2. The first kappa shape index (κ1) is 23.2. The Morgan fingerprint density at radius 3 is 2.13 bits per heavy atom. The maximum atomic E-state index is 13.7. The van der Waals surface area contributed by atoms with Crippen molar-refractivity contribution < 1.29 is 17.9 Å². The van der Waals surface area contributed by atoms with Crippen LogP contribution in [-0.4, -0.2) is 38.9 Å². The number of Topliss-reactive ketones (excluding diaryl/α,β-unsaturated/α-hetero) is 1. The molecule has 1 aromatic rings. The Morgan fingerprint density at radius 2 is 1.60 bits per heavy atom. The van der Waals surface area contributed by atoms with Gasteiger partial charge in [-0.05, 0) is 73.1 Å². The molecule has 1 saturated heterocycles. The molecule has 0 N–H and O–H groups in total. The molecule has 1 fully saturated rings. The highest BCUT2D eigenvalue weighted by Crippen LogP contribution is 2.48. The quantitative estimate of drug-likeness (QED) is 0.617. The molecule has 166 valence electrons. The van der Waals surface area contributed by atoms with Crippen molar-refractivity contribution in [1.82, 2.24) is 0 Å². The van der Waals surface area contributed by atoms with E-state index in [2.05, 4.69) is 32.9 Å². The number of hydrogen-bond donors (Lipinski definition) is 0. The Balaban J connectivity index is 2.21. The normalized spacial score (nSPS) is 19.5. The van der Waals surface area contributed by atoms with Crippen molar-refractivity contribution in [3.05, 3.63) is 40.0 Å². The monoisotopic (exact) mass is 432 g/mol. The Morgan fingerprint density at radius 1 is 1.00 bits per heavy atom. The third-order valence-corrected chi connectivity index (χ3v) is 8.50. The summed E-state index contributed by atoms with van der Waals surface area (Å²) in [5, 5.41) is 0. The molecule has 0 saturated carbocycles. The van der Waals surface area contributed by atoms with E-state index < -0.39 is 9.84 Å². The zero-order valence-corrected chi connectivity index (χ0v) is 19.8. The minimum atomic E-state index is -3.24. The summed E-state index contributed by atoms with van der Waals surface area (Å²) < 4.78 is 31.3. The van der Waals surface area contributed by atoms with Crippen molar-refractivity contribution in [2.75, 3.05) is 24.7 Å². The molecule has 0 amide bonds. The fourth-order valence-electron chi connectivity index (χ4n) is 5.30. The second kappa shape index (κ2) is 9.35. The minimum Gasteiger partial charge on any atom is -0.381 e. The lowest BCUT2D eigenvalue weighted by Crippen LogP contribution is -2.37. The van der Waals surface area contributed by atoms with E-state index in [1.165, 1.54) is 5.56 Å². The lowest BCUT2D eigenvalue weighted by atomic mass is 9.65. The Hall–Kier alpha value is -1.46. The van der Waals surface area contributed by atoms with Crippen LogP contribution >= 0.6 is 0 Å². The van der Waals surface area contributed by atoms with Gasteiger partial charge in [-0.1, -0.05) is 38.5 Å². The second-order valence-corrected chi connectivity index (χ2v) is 11.3. The van der Waals surface area contributed by atoms with Gasteiger partial charge in [0.25, 0.3) is 0 Å². The topological polar surface area (TPSA) is 60.4 Å². The molecule has 0 radical (unpaired) electrons. The van der Waals surface area contributed by atoms with Gasteiger partial charge in [-0.3, -0.25) is 4.79 Å². The summed E-state index contributed by atoms with van der Waals surface area (Å²) in [6.07, 6.45) is 5.12. The van der Waals surface area contributed by atoms with E-state index in [-0.39, 0.29) is 22.7 Å². The first-order valence-corrected chi connectivity index (χ1v) is 13.2. The number of rotatable bonds is 7. The van der Waals surface area contributed by atoms with E-state index in [0.29, 0.717) is 38.0 Å². The third kappa shape index (κ3) is 4.88. The van der Waals surface area contributed by atoms with Crippen LogP contribution in [0.15, 0.2) is 17.7 Å². The summed E-state index contributed by atoms with van der Waals surface area (Å²) in [6, 6.07) is 4.32. The van der Waals surface area contributed by atoms with Gasteiger partial charge in [0.2, 0.25) is 0 Å². The molecule has 1 heterocycles. The van der Waals surface area contributed by atoms with Crippen LogP contribution in [0.25, 0.3) is 5.57 Å². The molecule has 5 heteroatoms. The highest BCUT2D eigenvalue weighted by atomic mass is 32.2. The second-order valence-electron chi connectivity index (χ2n) is 9.12. The van der Waals surface area contributed by atoms with Crippen LogP contribution in [0.1, 0.15) is 75.1 Å². The Labute approximate surface area is 182 Å². The van der Waals surface area contributed by atoms with Gasteiger partial charge in [-0.2, -0.15) is 0 Å². The summed E-state index contributed by atoms with van der Waals surface area (Å²) >= 11 is 0. The van der Waals surface area contributed by atoms with Gasteiger partial charge in [-0.15, -0.1) is 0 Å². The number of carbonyl (C=O) groups is 1. The summed E-state index contributed by atoms with van der Waals surface area (Å²) in [6.45, 7) is 9.51. The number of allylic oxidation sites excluding steroid dienone is 1. The predicted molar refractivity (Wildman–Crippen MR) is 123 cm³/mol. The van der Waals surface area contributed by atoms with Crippen molar-refractivity contribution in [2.24, 2.45) is 5.41 Å². The van der Waals surface area contributed by atoms with E-state index >= 15 is 0 Å². The highest BCUT2D eigenvalue weighted by Gasteiger charge is 2.42. The largest absolute Gasteiger partial charge is 0.381 e. The lowest BCUT2D eigenvalue weighted by Gasteiger charge is -2.41. The number of ether oxygens (including phenoxy) is 1. The van der Waals surface area contributed by atoms with Crippen LogP contribution in [0.4, 0.5) is 0 Å². The van der Waals surface area contributed by atoms with Crippen molar-refractivity contribution in [3.63, 3.8) is 0 Å². The van der Waals surface area contributed by atoms with E-state index in [0.717, 1.165) is 47.9 Å². The molecular weight excluding hydrogens is 396 g/mol. The molecule has 0 unspecified atom stereocenters. The average Bonchev–Trinajstić information content (AvgIpc) is 2.68. The molecule has 1 aliphatic heterocycles. The summed E-state index contributed by atoms with van der Waals surface area (Å²) in [7, 11) is -3.24. The number of carbonyl (C=O) groups excluding carboxylic acids is 1. The Bertz CT molecular complexity index is 909. The van der Waals surface area contributed by atoms with Crippen LogP contribution < -0.4 is 0 Å². The van der Waals surface area contributed by atoms with Gasteiger partial charge in [-0.25, -0.2) is 8.42 Å². The van der Waals surface area contributed by atoms with Crippen LogP contribution in [-0.2, 0) is 32.2 Å². The number of sulfone groups is 1. The van der Waals surface area contributed by atoms with E-state index in [4.69, 9.17) is 4.74 Å². The lowest BCUT2D eigenvalue weighted by molar-refractivity contribution is -0.118. The standard InChI is InChI=1S/C25H36O4S/c1-5-12-30(27,28)17-21-15-25(8-10-29-11-9-25)16-22(26)24(21)23-19(6-2)13-18(4)14-20(23)7-3/h13-14H,5-12,15-17H2,1-4H3. The van der Waals surface area contributed by atoms with Crippen LogP contribution in [0.3, 0.4) is 0 Å². The third-order valence-electron chi connectivity index (χ3n) is 6.68. The predicted octanol–water partition coefficient (Wildman–Crippen LogP) is 4.86. The molecule has 1 spiro atoms. The van der Waals surface area contributed by atoms with Gasteiger partial charge >= 0.3 is 0 Å². The molecule has 4 nitrogen and oxygen atoms in total. The van der Waals surface area contributed by atoms with Crippen LogP contribution in [0, 0.1) is 12.3 Å². The van der Waals surface area contributed by atoms with Gasteiger partial charge in [0.05, 0.1) is 11.5 Å². The Kier molecular flexibility index (Phi) is 7.24. The van der Waals surface area contributed by atoms with E-state index in [1.807, 2.05) is 6.92 Å². The van der Waals surface area contributed by atoms with Crippen molar-refractivity contribution in [1.29, 1.82) is 0 Å². The van der Waals surface area contributed by atoms with Gasteiger partial charge in [0.1, 0.15) is 0 Å².